The Morgan fingerprint density at radius 3 is 2.61 bits per heavy atom. The molecule has 0 amide bonds. The van der Waals surface area contributed by atoms with Crippen LogP contribution in [0.1, 0.15) is 12.8 Å². The van der Waals surface area contributed by atoms with Gasteiger partial charge in [-0.15, -0.1) is 0 Å². The SMILES string of the molecule is COc1ccccc1OCCNCC1CCN(c2nc3ccccc3[nH]2)CC1. The lowest BCUT2D eigenvalue weighted by atomic mass is 9.97. The first kappa shape index (κ1) is 18.6. The van der Waals surface area contributed by atoms with Gasteiger partial charge in [-0.25, -0.2) is 4.98 Å². The number of H-pyrrole nitrogens is 1. The van der Waals surface area contributed by atoms with E-state index in [4.69, 9.17) is 14.5 Å². The summed E-state index contributed by atoms with van der Waals surface area (Å²) in [7, 11) is 1.66. The minimum absolute atomic E-state index is 0.637. The third-order valence-corrected chi connectivity index (χ3v) is 5.33. The van der Waals surface area contributed by atoms with Gasteiger partial charge in [0.15, 0.2) is 11.5 Å². The Bertz CT molecular complexity index is 854. The van der Waals surface area contributed by atoms with E-state index in [9.17, 15) is 0 Å². The highest BCUT2D eigenvalue weighted by Gasteiger charge is 2.21. The third kappa shape index (κ3) is 4.39. The molecule has 0 saturated carbocycles. The monoisotopic (exact) mass is 380 g/mol. The molecular formula is C22H28N4O2. The fourth-order valence-electron chi connectivity index (χ4n) is 3.72. The second-order valence-corrected chi connectivity index (χ2v) is 7.21. The molecule has 2 heterocycles. The number of aromatic nitrogens is 2. The Morgan fingerprint density at radius 1 is 1.07 bits per heavy atom. The first-order valence-corrected chi connectivity index (χ1v) is 9.99. The van der Waals surface area contributed by atoms with Gasteiger partial charge in [-0.2, -0.15) is 0 Å². The smallest absolute Gasteiger partial charge is 0.203 e. The predicted molar refractivity (Wildman–Crippen MR) is 112 cm³/mol. The minimum Gasteiger partial charge on any atom is -0.493 e. The largest absolute Gasteiger partial charge is 0.493 e. The maximum atomic E-state index is 5.81. The summed E-state index contributed by atoms with van der Waals surface area (Å²) >= 11 is 0. The number of nitrogens with zero attached hydrogens (tertiary/aromatic N) is 2. The molecule has 0 aliphatic carbocycles. The quantitative estimate of drug-likeness (QED) is 0.586. The van der Waals surface area contributed by atoms with Crippen LogP contribution in [0.15, 0.2) is 48.5 Å². The van der Waals surface area contributed by atoms with Crippen LogP contribution in [0.4, 0.5) is 5.95 Å². The molecule has 0 bridgehead atoms. The number of hydrogen-bond acceptors (Lipinski definition) is 5. The van der Waals surface area contributed by atoms with E-state index in [1.54, 1.807) is 7.11 Å². The third-order valence-electron chi connectivity index (χ3n) is 5.33. The maximum Gasteiger partial charge on any atom is 0.203 e. The van der Waals surface area contributed by atoms with Gasteiger partial charge in [-0.3, -0.25) is 0 Å². The van der Waals surface area contributed by atoms with Gasteiger partial charge in [0.05, 0.1) is 18.1 Å². The topological polar surface area (TPSA) is 62.4 Å². The Morgan fingerprint density at radius 2 is 1.82 bits per heavy atom. The molecule has 1 aliphatic rings. The Labute approximate surface area is 165 Å². The average molecular weight is 380 g/mol. The van der Waals surface area contributed by atoms with Crippen molar-refractivity contribution in [1.29, 1.82) is 0 Å². The van der Waals surface area contributed by atoms with E-state index in [1.807, 2.05) is 36.4 Å². The van der Waals surface area contributed by atoms with Gasteiger partial charge in [0.1, 0.15) is 6.61 Å². The van der Waals surface area contributed by atoms with E-state index >= 15 is 0 Å². The summed E-state index contributed by atoms with van der Waals surface area (Å²) < 4.78 is 11.1. The fourth-order valence-corrected chi connectivity index (χ4v) is 3.72. The van der Waals surface area contributed by atoms with Gasteiger partial charge >= 0.3 is 0 Å². The Hall–Kier alpha value is -2.73. The molecule has 0 unspecified atom stereocenters. The van der Waals surface area contributed by atoms with E-state index in [0.29, 0.717) is 12.5 Å². The molecule has 0 spiro atoms. The zero-order chi connectivity index (χ0) is 19.2. The van der Waals surface area contributed by atoms with Crippen LogP contribution in [0.2, 0.25) is 0 Å². The molecule has 28 heavy (non-hydrogen) atoms. The molecule has 1 saturated heterocycles. The molecular weight excluding hydrogens is 352 g/mol. The number of hydrogen-bond donors (Lipinski definition) is 2. The number of fused-ring (bicyclic) bond motifs is 1. The van der Waals surface area contributed by atoms with Crippen molar-refractivity contribution in [2.45, 2.75) is 12.8 Å². The lowest BCUT2D eigenvalue weighted by Crippen LogP contribution is -2.38. The molecule has 1 fully saturated rings. The van der Waals surface area contributed by atoms with E-state index in [0.717, 1.165) is 54.7 Å². The van der Waals surface area contributed by atoms with Gasteiger partial charge in [0.25, 0.3) is 0 Å². The molecule has 148 valence electrons. The number of ether oxygens (including phenoxy) is 2. The molecule has 1 aliphatic heterocycles. The van der Waals surface area contributed by atoms with Crippen LogP contribution in [0, 0.1) is 5.92 Å². The molecule has 0 atom stereocenters. The van der Waals surface area contributed by atoms with Crippen molar-refractivity contribution in [2.24, 2.45) is 5.92 Å². The molecule has 6 heteroatoms. The number of methoxy groups -OCH3 is 1. The van der Waals surface area contributed by atoms with Crippen LogP contribution in [-0.2, 0) is 0 Å². The van der Waals surface area contributed by atoms with Crippen molar-refractivity contribution in [2.75, 3.05) is 44.8 Å². The highest BCUT2D eigenvalue weighted by Crippen LogP contribution is 2.25. The zero-order valence-electron chi connectivity index (χ0n) is 16.4. The number of aromatic amines is 1. The summed E-state index contributed by atoms with van der Waals surface area (Å²) in [5, 5.41) is 3.53. The van der Waals surface area contributed by atoms with E-state index in [2.05, 4.69) is 27.3 Å². The minimum atomic E-state index is 0.637. The van der Waals surface area contributed by atoms with Gasteiger partial charge in [0, 0.05) is 19.6 Å². The van der Waals surface area contributed by atoms with Crippen LogP contribution in [0.3, 0.4) is 0 Å². The summed E-state index contributed by atoms with van der Waals surface area (Å²) in [6, 6.07) is 16.0. The first-order chi connectivity index (χ1) is 13.8. The highest BCUT2D eigenvalue weighted by molar-refractivity contribution is 5.77. The fraction of sp³-hybridized carbons (Fsp3) is 0.409. The standard InChI is InChI=1S/C22H28N4O2/c1-27-20-8-4-5-9-21(20)28-15-12-23-16-17-10-13-26(14-11-17)22-24-18-6-2-3-7-19(18)25-22/h2-9,17,23H,10-16H2,1H3,(H,24,25). The summed E-state index contributed by atoms with van der Waals surface area (Å²) in [5.41, 5.74) is 2.15. The van der Waals surface area contributed by atoms with Crippen molar-refractivity contribution in [3.63, 3.8) is 0 Å². The van der Waals surface area contributed by atoms with Crippen molar-refractivity contribution >= 4 is 17.0 Å². The molecule has 2 aromatic carbocycles. The lowest BCUT2D eigenvalue weighted by Gasteiger charge is -2.31. The van der Waals surface area contributed by atoms with Crippen LogP contribution >= 0.6 is 0 Å². The van der Waals surface area contributed by atoms with E-state index in [-0.39, 0.29) is 0 Å². The van der Waals surface area contributed by atoms with Crippen LogP contribution in [0.25, 0.3) is 11.0 Å². The number of para-hydroxylation sites is 4. The molecule has 0 radical (unpaired) electrons. The van der Waals surface area contributed by atoms with Crippen molar-refractivity contribution in [3.8, 4) is 11.5 Å². The predicted octanol–water partition coefficient (Wildman–Crippen LogP) is 3.46. The van der Waals surface area contributed by atoms with Crippen molar-refractivity contribution in [3.05, 3.63) is 48.5 Å². The molecule has 2 N–H and O–H groups in total. The van der Waals surface area contributed by atoms with Crippen LogP contribution < -0.4 is 19.7 Å². The van der Waals surface area contributed by atoms with E-state index in [1.165, 1.54) is 12.8 Å². The maximum absolute atomic E-state index is 5.81. The summed E-state index contributed by atoms with van der Waals surface area (Å²) in [4.78, 5) is 10.5. The van der Waals surface area contributed by atoms with Gasteiger partial charge in [-0.1, -0.05) is 24.3 Å². The number of benzene rings is 2. The highest BCUT2D eigenvalue weighted by atomic mass is 16.5. The molecule has 4 rings (SSSR count). The average Bonchev–Trinajstić information content (AvgIpc) is 3.18. The summed E-state index contributed by atoms with van der Waals surface area (Å²) in [5.74, 6) is 3.27. The van der Waals surface area contributed by atoms with Crippen molar-refractivity contribution < 1.29 is 9.47 Å². The Kier molecular flexibility index (Phi) is 5.97. The molecule has 6 nitrogen and oxygen atoms in total. The van der Waals surface area contributed by atoms with E-state index < -0.39 is 0 Å². The van der Waals surface area contributed by atoms with Gasteiger partial charge in [-0.05, 0) is 49.6 Å². The normalized spacial score (nSPS) is 15.1. The van der Waals surface area contributed by atoms with Crippen LogP contribution in [-0.4, -0.2) is 49.9 Å². The summed E-state index contributed by atoms with van der Waals surface area (Å²) in [6.07, 6.45) is 2.36. The van der Waals surface area contributed by atoms with Gasteiger partial charge in [0.2, 0.25) is 5.95 Å². The molecule has 3 aromatic rings. The number of nitrogens with one attached hydrogen (secondary N) is 2. The number of imidazole rings is 1. The first-order valence-electron chi connectivity index (χ1n) is 9.99. The van der Waals surface area contributed by atoms with Crippen LogP contribution in [0.5, 0.6) is 11.5 Å². The second kappa shape index (κ2) is 8.97. The Balaban J connectivity index is 1.17. The van der Waals surface area contributed by atoms with Crippen molar-refractivity contribution in [1.82, 2.24) is 15.3 Å². The number of piperidine rings is 1. The lowest BCUT2D eigenvalue weighted by molar-refractivity contribution is 0.285. The zero-order valence-corrected chi connectivity index (χ0v) is 16.4. The molecule has 1 aromatic heterocycles. The summed E-state index contributed by atoms with van der Waals surface area (Å²) in [6.45, 7) is 4.59. The number of rotatable bonds is 8. The number of anilines is 1. The van der Waals surface area contributed by atoms with Gasteiger partial charge < -0.3 is 24.7 Å². The second-order valence-electron chi connectivity index (χ2n) is 7.21.